The molecule has 0 spiro atoms. The van der Waals surface area contributed by atoms with Crippen molar-refractivity contribution in [2.75, 3.05) is 12.3 Å². The molecule has 0 unspecified atom stereocenters. The first-order chi connectivity index (χ1) is 6.70. The molecule has 1 aromatic rings. The fourth-order valence-corrected chi connectivity index (χ4v) is 1.24. The van der Waals surface area contributed by atoms with Gasteiger partial charge in [-0.15, -0.1) is 0 Å². The number of rotatable bonds is 5. The maximum Gasteiger partial charge on any atom is 0.126 e. The largest absolute Gasteiger partial charge is 0.383 e. The van der Waals surface area contributed by atoms with Crippen molar-refractivity contribution < 1.29 is 4.74 Å². The Labute approximate surface area is 85.3 Å². The van der Waals surface area contributed by atoms with Crippen molar-refractivity contribution in [2.45, 2.75) is 32.8 Å². The van der Waals surface area contributed by atoms with E-state index in [4.69, 9.17) is 10.5 Å². The van der Waals surface area contributed by atoms with Gasteiger partial charge < -0.3 is 10.5 Å². The number of aromatic nitrogens is 1. The van der Waals surface area contributed by atoms with Crippen LogP contribution in [0.2, 0.25) is 0 Å². The second-order valence-corrected chi connectivity index (χ2v) is 3.57. The number of aryl methyl sites for hydroxylation is 1. The van der Waals surface area contributed by atoms with Gasteiger partial charge >= 0.3 is 0 Å². The summed E-state index contributed by atoms with van der Waals surface area (Å²) in [4.78, 5) is 4.03. The van der Waals surface area contributed by atoms with Crippen LogP contribution in [0.4, 0.5) is 5.82 Å². The highest BCUT2D eigenvalue weighted by Crippen LogP contribution is 2.09. The zero-order valence-corrected chi connectivity index (χ0v) is 8.86. The van der Waals surface area contributed by atoms with E-state index in [-0.39, 0.29) is 0 Å². The minimum atomic E-state index is 0.307. The van der Waals surface area contributed by atoms with Gasteiger partial charge in [-0.3, -0.25) is 0 Å². The molecular weight excluding hydrogens is 176 g/mol. The summed E-state index contributed by atoms with van der Waals surface area (Å²) in [5.41, 5.74) is 6.82. The highest BCUT2D eigenvalue weighted by molar-refractivity contribution is 5.38. The fourth-order valence-electron chi connectivity index (χ4n) is 1.24. The van der Waals surface area contributed by atoms with E-state index in [1.807, 2.05) is 26.0 Å². The van der Waals surface area contributed by atoms with Gasteiger partial charge in [0.2, 0.25) is 0 Å². The van der Waals surface area contributed by atoms with E-state index in [1.165, 1.54) is 0 Å². The molecule has 2 N–H and O–H groups in total. The lowest BCUT2D eigenvalue weighted by Gasteiger charge is -2.07. The van der Waals surface area contributed by atoms with Gasteiger partial charge in [0.15, 0.2) is 0 Å². The van der Waals surface area contributed by atoms with E-state index in [1.54, 1.807) is 6.20 Å². The number of pyridine rings is 1. The topological polar surface area (TPSA) is 48.1 Å². The maximum atomic E-state index is 5.71. The molecule has 0 aromatic carbocycles. The van der Waals surface area contributed by atoms with Gasteiger partial charge in [0.05, 0.1) is 6.10 Å². The van der Waals surface area contributed by atoms with Gasteiger partial charge in [-0.1, -0.05) is 6.07 Å². The molecular formula is C11H18N2O. The number of nitrogens with two attached hydrogens (primary N) is 1. The lowest BCUT2D eigenvalue weighted by molar-refractivity contribution is 0.0772. The Hall–Kier alpha value is -1.09. The van der Waals surface area contributed by atoms with Gasteiger partial charge in [-0.2, -0.15) is 0 Å². The second kappa shape index (κ2) is 5.60. The molecule has 14 heavy (non-hydrogen) atoms. The standard InChI is InChI=1S/C11H18N2O/c1-9(2)14-8-4-6-10-5-3-7-13-11(10)12/h3,5,7,9H,4,6,8H2,1-2H3,(H2,12,13). The van der Waals surface area contributed by atoms with Crippen LogP contribution in [0, 0.1) is 0 Å². The molecule has 0 atom stereocenters. The Bertz CT molecular complexity index is 274. The highest BCUT2D eigenvalue weighted by Gasteiger charge is 1.99. The quantitative estimate of drug-likeness (QED) is 0.729. The normalized spacial score (nSPS) is 10.8. The van der Waals surface area contributed by atoms with Crippen LogP contribution in [0.1, 0.15) is 25.8 Å². The number of nitrogens with zero attached hydrogens (tertiary/aromatic N) is 1. The van der Waals surface area contributed by atoms with Crippen LogP contribution in [0.15, 0.2) is 18.3 Å². The third-order valence-corrected chi connectivity index (χ3v) is 1.97. The van der Waals surface area contributed by atoms with Crippen LogP contribution in [0.25, 0.3) is 0 Å². The van der Waals surface area contributed by atoms with Crippen LogP contribution < -0.4 is 5.73 Å². The van der Waals surface area contributed by atoms with Gasteiger partial charge in [0.25, 0.3) is 0 Å². The van der Waals surface area contributed by atoms with E-state index < -0.39 is 0 Å². The zero-order valence-electron chi connectivity index (χ0n) is 8.86. The van der Waals surface area contributed by atoms with E-state index >= 15 is 0 Å². The number of nitrogen functional groups attached to an aromatic ring is 1. The Balaban J connectivity index is 2.28. The smallest absolute Gasteiger partial charge is 0.126 e. The Morgan fingerprint density at radius 1 is 1.50 bits per heavy atom. The minimum Gasteiger partial charge on any atom is -0.383 e. The molecule has 3 nitrogen and oxygen atoms in total. The summed E-state index contributed by atoms with van der Waals surface area (Å²) in [6.07, 6.45) is 3.95. The van der Waals surface area contributed by atoms with Crippen molar-refractivity contribution in [3.8, 4) is 0 Å². The molecule has 78 valence electrons. The molecule has 0 radical (unpaired) electrons. The SMILES string of the molecule is CC(C)OCCCc1cccnc1N. The van der Waals surface area contributed by atoms with Crippen molar-refractivity contribution in [1.82, 2.24) is 4.98 Å². The number of hydrogen-bond acceptors (Lipinski definition) is 3. The summed E-state index contributed by atoms with van der Waals surface area (Å²) in [6, 6.07) is 3.92. The van der Waals surface area contributed by atoms with Crippen LogP contribution in [0.3, 0.4) is 0 Å². The highest BCUT2D eigenvalue weighted by atomic mass is 16.5. The monoisotopic (exact) mass is 194 g/mol. The molecule has 1 heterocycles. The summed E-state index contributed by atoms with van der Waals surface area (Å²) < 4.78 is 5.44. The van der Waals surface area contributed by atoms with E-state index in [0.717, 1.165) is 25.0 Å². The lowest BCUT2D eigenvalue weighted by Crippen LogP contribution is -2.05. The molecule has 0 saturated carbocycles. The van der Waals surface area contributed by atoms with E-state index in [0.29, 0.717) is 11.9 Å². The summed E-state index contributed by atoms with van der Waals surface area (Å²) in [5, 5.41) is 0. The number of ether oxygens (including phenoxy) is 1. The van der Waals surface area contributed by atoms with Crippen molar-refractivity contribution in [1.29, 1.82) is 0 Å². The van der Waals surface area contributed by atoms with E-state index in [9.17, 15) is 0 Å². The Morgan fingerprint density at radius 2 is 2.29 bits per heavy atom. The average molecular weight is 194 g/mol. The van der Waals surface area contributed by atoms with Crippen LogP contribution in [0.5, 0.6) is 0 Å². The average Bonchev–Trinajstić information content (AvgIpc) is 2.15. The minimum absolute atomic E-state index is 0.307. The third kappa shape index (κ3) is 3.75. The van der Waals surface area contributed by atoms with E-state index in [2.05, 4.69) is 4.98 Å². The van der Waals surface area contributed by atoms with Gasteiger partial charge in [0.1, 0.15) is 5.82 Å². The summed E-state index contributed by atoms with van der Waals surface area (Å²) in [7, 11) is 0. The molecule has 0 aliphatic rings. The van der Waals surface area contributed by atoms with Gasteiger partial charge in [-0.25, -0.2) is 4.98 Å². The number of anilines is 1. The number of hydrogen-bond donors (Lipinski definition) is 1. The summed E-state index contributed by atoms with van der Waals surface area (Å²) in [6.45, 7) is 4.86. The summed E-state index contributed by atoms with van der Waals surface area (Å²) >= 11 is 0. The van der Waals surface area contributed by atoms with Crippen molar-refractivity contribution in [3.05, 3.63) is 23.9 Å². The van der Waals surface area contributed by atoms with Crippen molar-refractivity contribution in [3.63, 3.8) is 0 Å². The molecule has 0 saturated heterocycles. The molecule has 0 aliphatic carbocycles. The van der Waals surface area contributed by atoms with Crippen LogP contribution in [-0.2, 0) is 11.2 Å². The predicted octanol–water partition coefficient (Wildman–Crippen LogP) is 2.02. The second-order valence-electron chi connectivity index (χ2n) is 3.57. The summed E-state index contributed by atoms with van der Waals surface area (Å²) in [5.74, 6) is 0.636. The maximum absolute atomic E-state index is 5.71. The molecule has 0 aliphatic heterocycles. The third-order valence-electron chi connectivity index (χ3n) is 1.97. The van der Waals surface area contributed by atoms with Gasteiger partial charge in [-0.05, 0) is 38.3 Å². The predicted molar refractivity (Wildman–Crippen MR) is 58.1 cm³/mol. The van der Waals surface area contributed by atoms with Crippen LogP contribution in [-0.4, -0.2) is 17.7 Å². The molecule has 1 aromatic heterocycles. The zero-order chi connectivity index (χ0) is 10.4. The first-order valence-electron chi connectivity index (χ1n) is 5.01. The first kappa shape index (κ1) is 11.0. The van der Waals surface area contributed by atoms with Gasteiger partial charge in [0, 0.05) is 12.8 Å². The Morgan fingerprint density at radius 3 is 2.93 bits per heavy atom. The van der Waals surface area contributed by atoms with Crippen molar-refractivity contribution >= 4 is 5.82 Å². The lowest BCUT2D eigenvalue weighted by atomic mass is 10.1. The van der Waals surface area contributed by atoms with Crippen LogP contribution >= 0.6 is 0 Å². The fraction of sp³-hybridized carbons (Fsp3) is 0.545. The first-order valence-corrected chi connectivity index (χ1v) is 5.01. The molecule has 1 rings (SSSR count). The molecule has 3 heteroatoms. The molecule has 0 bridgehead atoms. The van der Waals surface area contributed by atoms with Crippen molar-refractivity contribution in [2.24, 2.45) is 0 Å². The molecule has 0 amide bonds. The Kier molecular flexibility index (Phi) is 4.40. The molecule has 0 fully saturated rings.